The fourth-order valence-electron chi connectivity index (χ4n) is 2.60. The summed E-state index contributed by atoms with van der Waals surface area (Å²) in [6.07, 6.45) is 3.70. The normalized spacial score (nSPS) is 15.2. The van der Waals surface area contributed by atoms with E-state index in [-0.39, 0.29) is 42.7 Å². The second-order valence-corrected chi connectivity index (χ2v) is 8.06. The van der Waals surface area contributed by atoms with Gasteiger partial charge in [-0.15, -0.1) is 0 Å². The molecule has 0 atom stereocenters. The van der Waals surface area contributed by atoms with Gasteiger partial charge in [-0.2, -0.15) is 0 Å². The van der Waals surface area contributed by atoms with Gasteiger partial charge in [0.1, 0.15) is 15.8 Å². The van der Waals surface area contributed by atoms with Gasteiger partial charge in [-0.25, -0.2) is 0 Å². The highest BCUT2D eigenvalue weighted by molar-refractivity contribution is 8.26. The third-order valence-corrected chi connectivity index (χ3v) is 5.50. The van der Waals surface area contributed by atoms with Crippen molar-refractivity contribution >= 4 is 52.2 Å². The molecule has 1 heterocycles. The summed E-state index contributed by atoms with van der Waals surface area (Å²) >= 11 is 6.30. The van der Waals surface area contributed by atoms with E-state index in [1.54, 1.807) is 0 Å². The molecule has 0 saturated carbocycles. The van der Waals surface area contributed by atoms with Crippen LogP contribution in [0.5, 0.6) is 11.5 Å². The van der Waals surface area contributed by atoms with Gasteiger partial charge in [-0.1, -0.05) is 30.4 Å². The van der Waals surface area contributed by atoms with Gasteiger partial charge in [-0.3, -0.25) is 19.3 Å². The molecule has 0 bridgehead atoms. The molecule has 4 N–H and O–H groups in total. The first kappa shape index (κ1) is 22.7. The maximum absolute atomic E-state index is 12.5. The van der Waals surface area contributed by atoms with Gasteiger partial charge in [0.15, 0.2) is 0 Å². The number of thiocarbonyl (C=S) groups is 1. The second kappa shape index (κ2) is 10.8. The lowest BCUT2D eigenvalue weighted by Crippen LogP contribution is -2.33. The lowest BCUT2D eigenvalue weighted by Gasteiger charge is -2.14. The molecular weight excluding hydrogens is 416 g/mol. The molecule has 1 fully saturated rings. The Morgan fingerprint density at radius 1 is 1.17 bits per heavy atom. The summed E-state index contributed by atoms with van der Waals surface area (Å²) in [5.74, 6) is -1.61. The molecule has 0 unspecified atom stereocenters. The number of carboxylic acid groups (broad SMARTS) is 1. The molecule has 156 valence electrons. The number of hydrogen-bond acceptors (Lipinski definition) is 7. The Hall–Kier alpha value is -2.59. The number of thioether (sulfide) groups is 1. The molecule has 0 aromatic heterocycles. The number of amides is 2. The van der Waals surface area contributed by atoms with Gasteiger partial charge in [0.25, 0.3) is 5.91 Å². The minimum Gasteiger partial charge on any atom is -0.508 e. The summed E-state index contributed by atoms with van der Waals surface area (Å²) in [5, 5.41) is 30.5. The van der Waals surface area contributed by atoms with Crippen LogP contribution in [0.1, 0.15) is 37.7 Å². The molecule has 0 aliphatic carbocycles. The van der Waals surface area contributed by atoms with Gasteiger partial charge in [0.05, 0.1) is 4.91 Å². The summed E-state index contributed by atoms with van der Waals surface area (Å²) < 4.78 is 0.334. The van der Waals surface area contributed by atoms with Gasteiger partial charge in [-0.05, 0) is 31.1 Å². The second-order valence-electron chi connectivity index (χ2n) is 6.38. The Balaban J connectivity index is 1.80. The third kappa shape index (κ3) is 7.06. The van der Waals surface area contributed by atoms with E-state index in [1.807, 2.05) is 0 Å². The zero-order valence-electron chi connectivity index (χ0n) is 15.6. The molecule has 1 aliphatic rings. The highest BCUT2D eigenvalue weighted by Gasteiger charge is 2.32. The van der Waals surface area contributed by atoms with Gasteiger partial charge in [0, 0.05) is 37.6 Å². The van der Waals surface area contributed by atoms with E-state index in [0.717, 1.165) is 18.2 Å². The lowest BCUT2D eigenvalue weighted by atomic mass is 10.1. The van der Waals surface area contributed by atoms with Crippen LogP contribution in [0, 0.1) is 0 Å². The number of hydrogen-bond donors (Lipinski definition) is 4. The average Bonchev–Trinajstić information content (AvgIpc) is 2.91. The molecule has 2 amide bonds. The number of aromatic hydroxyl groups is 2. The Morgan fingerprint density at radius 3 is 2.62 bits per heavy atom. The first-order valence-corrected chi connectivity index (χ1v) is 10.3. The van der Waals surface area contributed by atoms with Crippen molar-refractivity contribution < 1.29 is 29.7 Å². The number of unbranched alkanes of at least 4 members (excludes halogenated alkanes) is 2. The van der Waals surface area contributed by atoms with E-state index in [9.17, 15) is 24.6 Å². The highest BCUT2D eigenvalue weighted by atomic mass is 32.2. The molecule has 1 saturated heterocycles. The Labute approximate surface area is 177 Å². The van der Waals surface area contributed by atoms with E-state index < -0.39 is 5.97 Å². The third-order valence-electron chi connectivity index (χ3n) is 4.13. The number of phenols is 2. The van der Waals surface area contributed by atoms with E-state index in [0.29, 0.717) is 34.2 Å². The zero-order valence-corrected chi connectivity index (χ0v) is 17.2. The van der Waals surface area contributed by atoms with Crippen molar-refractivity contribution in [3.63, 3.8) is 0 Å². The fourth-order valence-corrected chi connectivity index (χ4v) is 3.90. The fraction of sp³-hybridized carbons (Fsp3) is 0.368. The molecule has 0 spiro atoms. The van der Waals surface area contributed by atoms with Crippen molar-refractivity contribution in [2.45, 2.75) is 32.1 Å². The molecule has 0 radical (unpaired) electrons. The molecule has 1 aromatic carbocycles. The molecule has 2 rings (SSSR count). The van der Waals surface area contributed by atoms with Gasteiger partial charge >= 0.3 is 5.97 Å². The summed E-state index contributed by atoms with van der Waals surface area (Å²) in [7, 11) is 0. The molecule has 1 aromatic rings. The number of phenolic OH excluding ortho intramolecular Hbond substituents is 2. The molecule has 29 heavy (non-hydrogen) atoms. The number of nitrogens with one attached hydrogen (secondary N) is 1. The number of carboxylic acids is 1. The minimum absolute atomic E-state index is 0.0832. The average molecular weight is 439 g/mol. The Morgan fingerprint density at radius 2 is 1.93 bits per heavy atom. The van der Waals surface area contributed by atoms with E-state index in [2.05, 4.69) is 5.32 Å². The molecule has 10 heteroatoms. The monoisotopic (exact) mass is 438 g/mol. The highest BCUT2D eigenvalue weighted by Crippen LogP contribution is 2.34. The Bertz CT molecular complexity index is 840. The van der Waals surface area contributed by atoms with Crippen molar-refractivity contribution in [2.24, 2.45) is 0 Å². The zero-order chi connectivity index (χ0) is 21.4. The van der Waals surface area contributed by atoms with Crippen LogP contribution in [-0.2, 0) is 14.4 Å². The van der Waals surface area contributed by atoms with Crippen LogP contribution in [-0.4, -0.2) is 55.4 Å². The van der Waals surface area contributed by atoms with Crippen LogP contribution in [0.2, 0.25) is 0 Å². The topological polar surface area (TPSA) is 127 Å². The first-order chi connectivity index (χ1) is 13.8. The maximum atomic E-state index is 12.5. The van der Waals surface area contributed by atoms with Crippen LogP contribution in [0.15, 0.2) is 23.1 Å². The molecule has 8 nitrogen and oxygen atoms in total. The number of benzene rings is 1. The summed E-state index contributed by atoms with van der Waals surface area (Å²) in [6, 6.07) is 4.07. The van der Waals surface area contributed by atoms with Gasteiger partial charge in [0.2, 0.25) is 5.91 Å². The van der Waals surface area contributed by atoms with Gasteiger partial charge < -0.3 is 20.6 Å². The summed E-state index contributed by atoms with van der Waals surface area (Å²) in [6.45, 7) is 0.602. The number of carbonyl (C=O) groups is 3. The van der Waals surface area contributed by atoms with Crippen molar-refractivity contribution in [3.05, 3.63) is 28.7 Å². The van der Waals surface area contributed by atoms with E-state index in [4.69, 9.17) is 17.3 Å². The predicted octanol–water partition coefficient (Wildman–Crippen LogP) is 2.45. The van der Waals surface area contributed by atoms with Crippen molar-refractivity contribution in [3.8, 4) is 11.5 Å². The molecular formula is C19H22N2O6S2. The van der Waals surface area contributed by atoms with E-state index in [1.165, 1.54) is 29.2 Å². The largest absolute Gasteiger partial charge is 0.508 e. The number of carbonyl (C=O) groups excluding carboxylic acids is 2. The smallest absolute Gasteiger partial charge is 0.303 e. The molecule has 1 aliphatic heterocycles. The minimum atomic E-state index is -0.827. The van der Waals surface area contributed by atoms with Crippen LogP contribution in [0.25, 0.3) is 6.08 Å². The summed E-state index contributed by atoms with van der Waals surface area (Å²) in [5.41, 5.74) is 0.379. The van der Waals surface area contributed by atoms with Crippen LogP contribution >= 0.6 is 24.0 Å². The maximum Gasteiger partial charge on any atom is 0.303 e. The Kier molecular flexibility index (Phi) is 8.47. The number of nitrogens with zero attached hydrogens (tertiary/aromatic N) is 1. The van der Waals surface area contributed by atoms with Crippen molar-refractivity contribution in [1.29, 1.82) is 0 Å². The van der Waals surface area contributed by atoms with Crippen LogP contribution in [0.3, 0.4) is 0 Å². The van der Waals surface area contributed by atoms with E-state index >= 15 is 0 Å². The van der Waals surface area contributed by atoms with Crippen molar-refractivity contribution in [2.75, 3.05) is 13.1 Å². The number of aliphatic carboxylic acids is 1. The SMILES string of the molecule is O=C(O)CCCCCNC(=O)CCN1C(=O)/C(=C/c2ccc(O)cc2O)SC1=S. The number of rotatable bonds is 10. The first-order valence-electron chi connectivity index (χ1n) is 9.04. The lowest BCUT2D eigenvalue weighted by molar-refractivity contribution is -0.137. The van der Waals surface area contributed by atoms with Crippen LogP contribution in [0.4, 0.5) is 0 Å². The standard InChI is InChI=1S/C19H22N2O6S2/c22-13-6-5-12(14(23)11-13)10-15-18(27)21(19(28)29-15)9-7-16(24)20-8-3-1-2-4-17(25)26/h5-6,10-11,22-23H,1-4,7-9H2,(H,20,24)(H,25,26)/b15-10-. The van der Waals surface area contributed by atoms with Crippen LogP contribution < -0.4 is 5.32 Å². The van der Waals surface area contributed by atoms with Crippen molar-refractivity contribution in [1.82, 2.24) is 10.2 Å². The predicted molar refractivity (Wildman–Crippen MR) is 113 cm³/mol. The summed E-state index contributed by atoms with van der Waals surface area (Å²) in [4.78, 5) is 36.6. The quantitative estimate of drug-likeness (QED) is 0.249.